The summed E-state index contributed by atoms with van der Waals surface area (Å²) in [5, 5.41) is 17.3. The topological polar surface area (TPSA) is 94.3 Å². The van der Waals surface area contributed by atoms with Gasteiger partial charge in [0.2, 0.25) is 0 Å². The normalized spacial score (nSPS) is 15.6. The Hall–Kier alpha value is -3.97. The lowest BCUT2D eigenvalue weighted by Crippen LogP contribution is -2.28. The average Bonchev–Trinajstić information content (AvgIpc) is 3.46. The molecule has 5 heterocycles. The van der Waals surface area contributed by atoms with Gasteiger partial charge in [0, 0.05) is 28.7 Å². The van der Waals surface area contributed by atoms with E-state index in [1.807, 2.05) is 30.7 Å². The molecular weight excluding hydrogens is 434 g/mol. The zero-order valence-electron chi connectivity index (χ0n) is 20.1. The molecule has 4 aromatic rings. The monoisotopic (exact) mass is 465 g/mol. The van der Waals surface area contributed by atoms with E-state index in [0.717, 1.165) is 74.9 Å². The maximum atomic E-state index is 4.49. The summed E-state index contributed by atoms with van der Waals surface area (Å²) in [6.45, 7) is 12.8. The van der Waals surface area contributed by atoms with E-state index in [9.17, 15) is 0 Å². The minimum absolute atomic E-state index is 0.695. The van der Waals surface area contributed by atoms with Crippen LogP contribution >= 0.6 is 0 Å². The molecule has 7 nitrogen and oxygen atoms in total. The van der Waals surface area contributed by atoms with E-state index in [1.54, 1.807) is 6.20 Å². The molecule has 1 aliphatic heterocycles. The van der Waals surface area contributed by atoms with Gasteiger partial charge in [0.25, 0.3) is 0 Å². The second-order valence-electron chi connectivity index (χ2n) is 9.22. The van der Waals surface area contributed by atoms with Gasteiger partial charge in [-0.25, -0.2) is 0 Å². The fraction of sp³-hybridized carbons (Fsp3) is 0.250. The highest BCUT2D eigenvalue weighted by Crippen LogP contribution is 2.23. The molecule has 0 aromatic carbocycles. The molecule has 5 rings (SSSR count). The van der Waals surface area contributed by atoms with Gasteiger partial charge < -0.3 is 15.6 Å². The van der Waals surface area contributed by atoms with Crippen molar-refractivity contribution in [1.29, 1.82) is 0 Å². The molecule has 7 heteroatoms. The molecule has 0 amide bonds. The van der Waals surface area contributed by atoms with Gasteiger partial charge in [-0.2, -0.15) is 5.10 Å². The van der Waals surface area contributed by atoms with Crippen molar-refractivity contribution in [3.63, 3.8) is 0 Å². The number of hydrogen-bond donors (Lipinski definition) is 4. The Kier molecular flexibility index (Phi) is 6.59. The molecule has 0 atom stereocenters. The summed E-state index contributed by atoms with van der Waals surface area (Å²) in [5.41, 5.74) is 6.85. The maximum Gasteiger partial charge on any atom is 0.116 e. The molecule has 35 heavy (non-hydrogen) atoms. The number of anilines is 1. The van der Waals surface area contributed by atoms with Crippen molar-refractivity contribution in [2.45, 2.75) is 26.2 Å². The Morgan fingerprint density at radius 3 is 2.86 bits per heavy atom. The quantitative estimate of drug-likeness (QED) is 0.332. The van der Waals surface area contributed by atoms with Gasteiger partial charge in [-0.15, -0.1) is 0 Å². The van der Waals surface area contributed by atoms with Crippen LogP contribution in [0.25, 0.3) is 40.5 Å². The largest absolute Gasteiger partial charge is 0.358 e. The van der Waals surface area contributed by atoms with E-state index in [1.165, 1.54) is 12.8 Å². The van der Waals surface area contributed by atoms with Crippen LogP contribution < -0.4 is 21.2 Å². The van der Waals surface area contributed by atoms with Crippen molar-refractivity contribution in [3.8, 4) is 11.4 Å². The highest BCUT2D eigenvalue weighted by atomic mass is 15.1. The van der Waals surface area contributed by atoms with Crippen molar-refractivity contribution in [2.75, 3.05) is 18.4 Å². The Bertz CT molecular complexity index is 1450. The van der Waals surface area contributed by atoms with Gasteiger partial charge in [-0.3, -0.25) is 15.1 Å². The van der Waals surface area contributed by atoms with E-state index < -0.39 is 0 Å². The molecule has 1 saturated heterocycles. The number of piperidine rings is 1. The lowest BCUT2D eigenvalue weighted by atomic mass is 9.93. The summed E-state index contributed by atoms with van der Waals surface area (Å²) in [6.07, 6.45) is 14.8. The summed E-state index contributed by atoms with van der Waals surface area (Å²) < 4.78 is 0. The second kappa shape index (κ2) is 10.1. The Balaban J connectivity index is 1.31. The number of H-pyrrole nitrogens is 2. The Labute approximate surface area is 204 Å². The highest BCUT2D eigenvalue weighted by molar-refractivity contribution is 5.84. The van der Waals surface area contributed by atoms with Crippen molar-refractivity contribution in [1.82, 2.24) is 30.5 Å². The van der Waals surface area contributed by atoms with E-state index in [4.69, 9.17) is 0 Å². The van der Waals surface area contributed by atoms with Crippen LogP contribution in [0.2, 0.25) is 0 Å². The van der Waals surface area contributed by atoms with E-state index >= 15 is 0 Å². The first-order chi connectivity index (χ1) is 17.1. The van der Waals surface area contributed by atoms with E-state index in [-0.39, 0.29) is 0 Å². The van der Waals surface area contributed by atoms with Crippen LogP contribution in [0.5, 0.6) is 0 Å². The van der Waals surface area contributed by atoms with Gasteiger partial charge in [0.05, 0.1) is 34.6 Å². The minimum Gasteiger partial charge on any atom is -0.358 e. The van der Waals surface area contributed by atoms with Crippen LogP contribution in [-0.2, 0) is 0 Å². The third-order valence-electron chi connectivity index (χ3n) is 6.59. The summed E-state index contributed by atoms with van der Waals surface area (Å²) in [5.74, 6) is 0.695. The maximum absolute atomic E-state index is 4.49. The van der Waals surface area contributed by atoms with Crippen LogP contribution in [0.4, 0.5) is 5.69 Å². The molecule has 1 fully saturated rings. The van der Waals surface area contributed by atoms with Crippen LogP contribution in [0.1, 0.15) is 31.7 Å². The van der Waals surface area contributed by atoms with Crippen LogP contribution in [-0.4, -0.2) is 38.2 Å². The summed E-state index contributed by atoms with van der Waals surface area (Å²) in [6, 6.07) is 6.15. The Morgan fingerprint density at radius 1 is 1.17 bits per heavy atom. The fourth-order valence-electron chi connectivity index (χ4n) is 4.56. The summed E-state index contributed by atoms with van der Waals surface area (Å²) in [7, 11) is 0. The molecule has 0 unspecified atom stereocenters. The lowest BCUT2D eigenvalue weighted by Gasteiger charge is -2.23. The molecule has 0 radical (unpaired) electrons. The predicted molar refractivity (Wildman–Crippen MR) is 144 cm³/mol. The molecule has 0 bridgehead atoms. The van der Waals surface area contributed by atoms with E-state index in [2.05, 4.69) is 74.1 Å². The van der Waals surface area contributed by atoms with Crippen molar-refractivity contribution in [2.24, 2.45) is 5.92 Å². The standard InChI is InChI=1S/C28H31N7/c1-18(23-13-24(16-31-15-23)32-19(2)12-21-6-9-29-10-7-21)4-5-25-20(3)28(35-34-25)26-14-22-8-11-30-17-27(22)33-26/h4-5,8,11,13-17,21,29,32-34H,2-3,6-7,9-10,12H2,1H3/b18-4+,25-5+. The number of aromatic amines is 2. The first-order valence-corrected chi connectivity index (χ1v) is 12.0. The third kappa shape index (κ3) is 5.25. The van der Waals surface area contributed by atoms with Crippen molar-refractivity contribution < 1.29 is 0 Å². The lowest BCUT2D eigenvalue weighted by molar-refractivity contribution is 0.373. The first kappa shape index (κ1) is 22.8. The Morgan fingerprint density at radius 2 is 2.03 bits per heavy atom. The number of allylic oxidation sites excluding steroid dienone is 3. The predicted octanol–water partition coefficient (Wildman–Crippen LogP) is 3.96. The smallest absolute Gasteiger partial charge is 0.116 e. The van der Waals surface area contributed by atoms with Crippen molar-refractivity contribution in [3.05, 3.63) is 77.5 Å². The number of aromatic nitrogens is 5. The second-order valence-corrected chi connectivity index (χ2v) is 9.22. The van der Waals surface area contributed by atoms with Crippen molar-refractivity contribution >= 4 is 34.8 Å². The van der Waals surface area contributed by atoms with Gasteiger partial charge in [-0.1, -0.05) is 19.2 Å². The van der Waals surface area contributed by atoms with E-state index in [0.29, 0.717) is 5.92 Å². The van der Waals surface area contributed by atoms with Gasteiger partial charge in [-0.05, 0) is 80.6 Å². The molecule has 178 valence electrons. The molecule has 0 aliphatic carbocycles. The number of nitrogens with one attached hydrogen (secondary N) is 4. The zero-order chi connectivity index (χ0) is 24.2. The number of rotatable bonds is 7. The zero-order valence-corrected chi connectivity index (χ0v) is 20.1. The van der Waals surface area contributed by atoms with Crippen LogP contribution in [0, 0.1) is 5.92 Å². The number of hydrogen-bond acceptors (Lipinski definition) is 5. The molecule has 1 aliphatic rings. The average molecular weight is 466 g/mol. The molecular formula is C28H31N7. The van der Waals surface area contributed by atoms with Gasteiger partial charge >= 0.3 is 0 Å². The van der Waals surface area contributed by atoms with Crippen LogP contribution in [0.3, 0.4) is 0 Å². The highest BCUT2D eigenvalue weighted by Gasteiger charge is 2.14. The molecule has 4 N–H and O–H groups in total. The summed E-state index contributed by atoms with van der Waals surface area (Å²) >= 11 is 0. The number of pyridine rings is 2. The molecule has 0 spiro atoms. The van der Waals surface area contributed by atoms with Crippen LogP contribution in [0.15, 0.2) is 61.3 Å². The fourth-order valence-corrected chi connectivity index (χ4v) is 4.56. The third-order valence-corrected chi connectivity index (χ3v) is 6.59. The summed E-state index contributed by atoms with van der Waals surface area (Å²) in [4.78, 5) is 12.0. The number of nitrogens with zero attached hydrogens (tertiary/aromatic N) is 3. The van der Waals surface area contributed by atoms with Gasteiger partial charge in [0.1, 0.15) is 5.69 Å². The number of fused-ring (bicyclic) bond motifs is 1. The molecule has 0 saturated carbocycles. The van der Waals surface area contributed by atoms with Gasteiger partial charge in [0.15, 0.2) is 0 Å². The SMILES string of the molecule is C=C(CC1CCNCC1)Nc1cncc(/C(C)=C/C=c2/[nH]nc(-c3cc4ccncc4[nH]3)c2=C)c1. The molecule has 4 aromatic heterocycles. The first-order valence-electron chi connectivity index (χ1n) is 12.0. The minimum atomic E-state index is 0.695.